The molecule has 0 aliphatic heterocycles. The van der Waals surface area contributed by atoms with E-state index in [1.165, 1.54) is 11.3 Å². The molecule has 0 fully saturated rings. The first-order valence-corrected chi connectivity index (χ1v) is 8.80. The van der Waals surface area contributed by atoms with Crippen molar-refractivity contribution in [2.45, 2.75) is 18.4 Å². The maximum absolute atomic E-state index is 12.5. The van der Waals surface area contributed by atoms with E-state index in [0.717, 1.165) is 21.3 Å². The molecule has 21 heavy (non-hydrogen) atoms. The fraction of sp³-hybridized carbons (Fsp3) is 0.133. The molecule has 108 valence electrons. The molecule has 0 spiro atoms. The zero-order valence-corrected chi connectivity index (χ0v) is 13.0. The number of sulfonamides is 1. The first-order chi connectivity index (χ1) is 10.1. The highest BCUT2D eigenvalue weighted by Gasteiger charge is 2.17. The van der Waals surface area contributed by atoms with E-state index in [1.807, 2.05) is 37.3 Å². The molecular weight excluding hydrogens is 304 g/mol. The summed E-state index contributed by atoms with van der Waals surface area (Å²) in [6, 6.07) is 12.8. The molecule has 6 heteroatoms. The van der Waals surface area contributed by atoms with E-state index in [9.17, 15) is 8.42 Å². The van der Waals surface area contributed by atoms with Crippen LogP contribution < -0.4 is 4.72 Å². The van der Waals surface area contributed by atoms with Gasteiger partial charge in [-0.3, -0.25) is 0 Å². The molecule has 4 nitrogen and oxygen atoms in total. The van der Waals surface area contributed by atoms with Crippen molar-refractivity contribution in [3.63, 3.8) is 0 Å². The van der Waals surface area contributed by atoms with Gasteiger partial charge >= 0.3 is 0 Å². The number of aromatic nitrogens is 1. The van der Waals surface area contributed by atoms with Gasteiger partial charge in [-0.15, -0.1) is 11.3 Å². The first-order valence-electron chi connectivity index (χ1n) is 6.44. The number of hydrogen-bond acceptors (Lipinski definition) is 4. The number of fused-ring (bicyclic) bond motifs is 1. The van der Waals surface area contributed by atoms with Crippen LogP contribution in [-0.2, 0) is 16.6 Å². The van der Waals surface area contributed by atoms with Crippen LogP contribution in [0.2, 0.25) is 0 Å². The zero-order chi connectivity index (χ0) is 14.9. The van der Waals surface area contributed by atoms with Gasteiger partial charge in [0.1, 0.15) is 0 Å². The van der Waals surface area contributed by atoms with Crippen LogP contribution in [0.3, 0.4) is 0 Å². The average Bonchev–Trinajstić information content (AvgIpc) is 2.90. The van der Waals surface area contributed by atoms with Gasteiger partial charge in [-0.2, -0.15) is 0 Å². The lowest BCUT2D eigenvalue weighted by Crippen LogP contribution is -2.23. The summed E-state index contributed by atoms with van der Waals surface area (Å²) >= 11 is 1.45. The molecule has 3 rings (SSSR count). The predicted octanol–water partition coefficient (Wildman–Crippen LogP) is 3.08. The van der Waals surface area contributed by atoms with Gasteiger partial charge in [0.15, 0.2) is 0 Å². The lowest BCUT2D eigenvalue weighted by atomic mass is 10.1. The van der Waals surface area contributed by atoms with Gasteiger partial charge in [0, 0.05) is 16.8 Å². The Balaban J connectivity index is 1.95. The number of aryl methyl sites for hydroxylation is 1. The highest BCUT2D eigenvalue weighted by atomic mass is 32.2. The van der Waals surface area contributed by atoms with Crippen molar-refractivity contribution in [3.8, 4) is 0 Å². The van der Waals surface area contributed by atoms with Crippen LogP contribution in [0, 0.1) is 6.92 Å². The van der Waals surface area contributed by atoms with Crippen molar-refractivity contribution < 1.29 is 8.42 Å². The average molecular weight is 318 g/mol. The van der Waals surface area contributed by atoms with Crippen LogP contribution >= 0.6 is 11.3 Å². The maximum Gasteiger partial charge on any atom is 0.241 e. The molecule has 0 bridgehead atoms. The van der Waals surface area contributed by atoms with Crippen LogP contribution in [0.25, 0.3) is 10.8 Å². The molecule has 2 aromatic carbocycles. The summed E-state index contributed by atoms with van der Waals surface area (Å²) < 4.78 is 27.7. The van der Waals surface area contributed by atoms with Crippen molar-refractivity contribution in [1.82, 2.24) is 9.71 Å². The van der Waals surface area contributed by atoms with E-state index in [4.69, 9.17) is 0 Å². The van der Waals surface area contributed by atoms with Crippen LogP contribution in [0.5, 0.6) is 0 Å². The second-order valence-corrected chi connectivity index (χ2v) is 7.34. The monoisotopic (exact) mass is 318 g/mol. The molecule has 1 heterocycles. The highest BCUT2D eigenvalue weighted by molar-refractivity contribution is 7.89. The van der Waals surface area contributed by atoms with Crippen LogP contribution in [-0.4, -0.2) is 13.4 Å². The number of nitrogens with one attached hydrogen (secondary N) is 1. The SMILES string of the molecule is Cc1ncsc1CNS(=O)(=O)c1cccc2ccccc12. The molecule has 0 aliphatic rings. The molecule has 0 aliphatic carbocycles. The van der Waals surface area contributed by atoms with Crippen LogP contribution in [0.4, 0.5) is 0 Å². The van der Waals surface area contributed by atoms with Gasteiger partial charge in [-0.1, -0.05) is 36.4 Å². The van der Waals surface area contributed by atoms with E-state index < -0.39 is 10.0 Å². The standard InChI is InChI=1S/C15H14N2O2S2/c1-11-14(20-10-16-11)9-17-21(18,19)15-8-4-6-12-5-2-3-7-13(12)15/h2-8,10,17H,9H2,1H3. The Morgan fingerprint density at radius 3 is 2.67 bits per heavy atom. The topological polar surface area (TPSA) is 59.1 Å². The summed E-state index contributed by atoms with van der Waals surface area (Å²) in [4.78, 5) is 5.36. The minimum Gasteiger partial charge on any atom is -0.250 e. The van der Waals surface area contributed by atoms with Gasteiger partial charge in [-0.25, -0.2) is 18.1 Å². The van der Waals surface area contributed by atoms with Crippen LogP contribution in [0.15, 0.2) is 52.9 Å². The van der Waals surface area contributed by atoms with E-state index in [-0.39, 0.29) is 6.54 Å². The lowest BCUT2D eigenvalue weighted by molar-refractivity contribution is 0.582. The second kappa shape index (κ2) is 5.55. The van der Waals surface area contributed by atoms with E-state index >= 15 is 0 Å². The predicted molar refractivity (Wildman–Crippen MR) is 84.8 cm³/mol. The number of thiazole rings is 1. The normalized spacial score (nSPS) is 11.9. The fourth-order valence-electron chi connectivity index (χ4n) is 2.16. The molecule has 1 N–H and O–H groups in total. The van der Waals surface area contributed by atoms with Gasteiger partial charge < -0.3 is 0 Å². The Kier molecular flexibility index (Phi) is 3.75. The molecule has 0 amide bonds. The van der Waals surface area contributed by atoms with Gasteiger partial charge in [-0.05, 0) is 18.4 Å². The highest BCUT2D eigenvalue weighted by Crippen LogP contribution is 2.23. The smallest absolute Gasteiger partial charge is 0.241 e. The summed E-state index contributed by atoms with van der Waals surface area (Å²) in [6.45, 7) is 2.14. The second-order valence-electron chi connectivity index (χ2n) is 4.66. The summed E-state index contributed by atoms with van der Waals surface area (Å²) in [7, 11) is -3.55. The summed E-state index contributed by atoms with van der Waals surface area (Å²) in [5.74, 6) is 0. The molecule has 0 radical (unpaired) electrons. The largest absolute Gasteiger partial charge is 0.250 e. The molecule has 3 aromatic rings. The van der Waals surface area contributed by atoms with E-state index in [2.05, 4.69) is 9.71 Å². The minimum absolute atomic E-state index is 0.266. The Morgan fingerprint density at radius 2 is 1.90 bits per heavy atom. The van der Waals surface area contributed by atoms with Crippen molar-refractivity contribution in [3.05, 3.63) is 58.5 Å². The third-order valence-electron chi connectivity index (χ3n) is 3.31. The molecule has 1 aromatic heterocycles. The number of nitrogens with zero attached hydrogens (tertiary/aromatic N) is 1. The first kappa shape index (κ1) is 14.2. The van der Waals surface area contributed by atoms with Gasteiger partial charge in [0.2, 0.25) is 10.0 Å². The summed E-state index contributed by atoms with van der Waals surface area (Å²) in [5, 5.41) is 1.64. The molecule has 0 saturated carbocycles. The van der Waals surface area contributed by atoms with Crippen LogP contribution in [0.1, 0.15) is 10.6 Å². The Labute approximate surface area is 127 Å². The maximum atomic E-state index is 12.5. The Morgan fingerprint density at radius 1 is 1.14 bits per heavy atom. The van der Waals surface area contributed by atoms with E-state index in [1.54, 1.807) is 17.6 Å². The van der Waals surface area contributed by atoms with Crippen molar-refractivity contribution in [1.29, 1.82) is 0 Å². The molecule has 0 saturated heterocycles. The third kappa shape index (κ3) is 2.83. The third-order valence-corrected chi connectivity index (χ3v) is 5.70. The quantitative estimate of drug-likeness (QED) is 0.804. The van der Waals surface area contributed by atoms with Crippen molar-refractivity contribution in [2.24, 2.45) is 0 Å². The Hall–Kier alpha value is -1.76. The zero-order valence-electron chi connectivity index (χ0n) is 11.4. The van der Waals surface area contributed by atoms with Crippen molar-refractivity contribution in [2.75, 3.05) is 0 Å². The van der Waals surface area contributed by atoms with Crippen molar-refractivity contribution >= 4 is 32.1 Å². The minimum atomic E-state index is -3.55. The molecule has 0 unspecified atom stereocenters. The number of benzene rings is 2. The number of hydrogen-bond donors (Lipinski definition) is 1. The lowest BCUT2D eigenvalue weighted by Gasteiger charge is -2.09. The molecular formula is C15H14N2O2S2. The van der Waals surface area contributed by atoms with Gasteiger partial charge in [0.05, 0.1) is 16.1 Å². The number of rotatable bonds is 4. The summed E-state index contributed by atoms with van der Waals surface area (Å²) in [6.07, 6.45) is 0. The van der Waals surface area contributed by atoms with E-state index in [0.29, 0.717) is 4.90 Å². The summed E-state index contributed by atoms with van der Waals surface area (Å²) in [5.41, 5.74) is 2.58. The fourth-order valence-corrected chi connectivity index (χ4v) is 4.20. The molecule has 0 atom stereocenters. The Bertz CT molecular complexity index is 880. The van der Waals surface area contributed by atoms with Gasteiger partial charge in [0.25, 0.3) is 0 Å².